The molecule has 1 amide bonds. The van der Waals surface area contributed by atoms with Crippen molar-refractivity contribution in [2.24, 2.45) is 0 Å². The Kier molecular flexibility index (Phi) is 8.81. The lowest BCUT2D eigenvalue weighted by atomic mass is 9.94. The average Bonchev–Trinajstić information content (AvgIpc) is 2.76. The van der Waals surface area contributed by atoms with Crippen LogP contribution >= 0.6 is 23.4 Å². The van der Waals surface area contributed by atoms with Crippen LogP contribution in [0.15, 0.2) is 28.2 Å². The molecule has 8 heteroatoms. The van der Waals surface area contributed by atoms with Gasteiger partial charge in [0.2, 0.25) is 5.91 Å². The summed E-state index contributed by atoms with van der Waals surface area (Å²) in [5.74, 6) is 0.334. The molecular formula is C23H32ClN3O3S. The lowest BCUT2D eigenvalue weighted by Crippen LogP contribution is -2.39. The van der Waals surface area contributed by atoms with Gasteiger partial charge in [0, 0.05) is 31.3 Å². The number of thioether (sulfide) groups is 1. The van der Waals surface area contributed by atoms with Gasteiger partial charge in [0.15, 0.2) is 5.16 Å². The van der Waals surface area contributed by atoms with Gasteiger partial charge in [-0.05, 0) is 51.3 Å². The topological polar surface area (TPSA) is 64.4 Å². The Morgan fingerprint density at radius 2 is 2.06 bits per heavy atom. The lowest BCUT2D eigenvalue weighted by Gasteiger charge is -2.31. The van der Waals surface area contributed by atoms with E-state index in [9.17, 15) is 9.59 Å². The number of benzene rings is 1. The monoisotopic (exact) mass is 465 g/mol. The molecule has 0 spiro atoms. The zero-order valence-electron chi connectivity index (χ0n) is 18.6. The molecule has 1 saturated carbocycles. The van der Waals surface area contributed by atoms with Crippen LogP contribution in [0.3, 0.4) is 0 Å². The Hall–Kier alpha value is -1.57. The van der Waals surface area contributed by atoms with Crippen molar-refractivity contribution in [3.63, 3.8) is 0 Å². The van der Waals surface area contributed by atoms with E-state index in [0.717, 1.165) is 12.8 Å². The van der Waals surface area contributed by atoms with E-state index in [0.29, 0.717) is 46.7 Å². The molecule has 1 heterocycles. The van der Waals surface area contributed by atoms with Gasteiger partial charge < -0.3 is 9.64 Å². The summed E-state index contributed by atoms with van der Waals surface area (Å²) in [7, 11) is 1.89. The van der Waals surface area contributed by atoms with Crippen LogP contribution in [0.25, 0.3) is 10.9 Å². The second-order valence-corrected chi connectivity index (χ2v) is 9.75. The second kappa shape index (κ2) is 11.3. The minimum absolute atomic E-state index is 0.0760. The molecule has 0 unspecified atom stereocenters. The molecule has 0 saturated heterocycles. The number of carbonyl (C=O) groups excluding carboxylic acids is 1. The third kappa shape index (κ3) is 6.46. The molecule has 1 fully saturated rings. The summed E-state index contributed by atoms with van der Waals surface area (Å²) in [5.41, 5.74) is 0.449. The molecule has 0 bridgehead atoms. The van der Waals surface area contributed by atoms with Crippen molar-refractivity contribution in [3.8, 4) is 0 Å². The number of halogens is 1. The van der Waals surface area contributed by atoms with E-state index < -0.39 is 0 Å². The van der Waals surface area contributed by atoms with Crippen LogP contribution in [0.2, 0.25) is 5.02 Å². The third-order valence-electron chi connectivity index (χ3n) is 5.70. The first kappa shape index (κ1) is 24.1. The first-order chi connectivity index (χ1) is 14.9. The molecule has 0 atom stereocenters. The van der Waals surface area contributed by atoms with Gasteiger partial charge in [0.05, 0.1) is 22.8 Å². The average molecular weight is 466 g/mol. The molecule has 1 aromatic carbocycles. The van der Waals surface area contributed by atoms with Gasteiger partial charge in [0.25, 0.3) is 5.56 Å². The van der Waals surface area contributed by atoms with Gasteiger partial charge in [-0.2, -0.15) is 0 Å². The summed E-state index contributed by atoms with van der Waals surface area (Å²) in [6, 6.07) is 5.43. The molecule has 6 nitrogen and oxygen atoms in total. The number of hydrogen-bond donors (Lipinski definition) is 0. The number of rotatable bonds is 9. The number of amides is 1. The van der Waals surface area contributed by atoms with Crippen LogP contribution in [0.4, 0.5) is 0 Å². The molecule has 3 rings (SSSR count). The maximum atomic E-state index is 13.1. The van der Waals surface area contributed by atoms with Gasteiger partial charge in [-0.25, -0.2) is 4.98 Å². The highest BCUT2D eigenvalue weighted by atomic mass is 35.5. The molecule has 0 N–H and O–H groups in total. The molecule has 2 aromatic rings. The van der Waals surface area contributed by atoms with E-state index in [-0.39, 0.29) is 23.3 Å². The molecule has 1 aliphatic rings. The van der Waals surface area contributed by atoms with Crippen LogP contribution in [-0.2, 0) is 16.1 Å². The standard InChI is InChI=1S/C23H32ClN3O3S/c1-16(2)30-13-7-12-27-22(29)19-11-10-17(24)14-20(19)25-23(27)31-15-21(28)26(3)18-8-5-4-6-9-18/h10-11,14,16,18H,4-9,12-13,15H2,1-3H3. The van der Waals surface area contributed by atoms with Crippen LogP contribution in [-0.4, -0.2) is 51.9 Å². The Bertz CT molecular complexity index is 957. The number of nitrogens with zero attached hydrogens (tertiary/aromatic N) is 3. The number of fused-ring (bicyclic) bond motifs is 1. The van der Waals surface area contributed by atoms with Crippen LogP contribution in [0.1, 0.15) is 52.4 Å². The van der Waals surface area contributed by atoms with Crippen molar-refractivity contribution in [2.75, 3.05) is 19.4 Å². The molecule has 0 radical (unpaired) electrons. The van der Waals surface area contributed by atoms with Crippen molar-refractivity contribution in [1.29, 1.82) is 0 Å². The predicted octanol–water partition coefficient (Wildman–Crippen LogP) is 4.75. The van der Waals surface area contributed by atoms with Crippen LogP contribution < -0.4 is 5.56 Å². The molecule has 31 heavy (non-hydrogen) atoms. The van der Waals surface area contributed by atoms with Crippen LogP contribution in [0.5, 0.6) is 0 Å². The Morgan fingerprint density at radius 1 is 1.32 bits per heavy atom. The molecule has 1 aromatic heterocycles. The van der Waals surface area contributed by atoms with Crippen molar-refractivity contribution >= 4 is 40.2 Å². The van der Waals surface area contributed by atoms with E-state index in [1.54, 1.807) is 22.8 Å². The van der Waals surface area contributed by atoms with Gasteiger partial charge in [-0.15, -0.1) is 0 Å². The van der Waals surface area contributed by atoms with Gasteiger partial charge in [-0.3, -0.25) is 14.2 Å². The lowest BCUT2D eigenvalue weighted by molar-refractivity contribution is -0.129. The van der Waals surface area contributed by atoms with E-state index in [4.69, 9.17) is 16.3 Å². The summed E-state index contributed by atoms with van der Waals surface area (Å²) in [5, 5.41) is 1.62. The summed E-state index contributed by atoms with van der Waals surface area (Å²) in [6.45, 7) is 5.04. The summed E-state index contributed by atoms with van der Waals surface area (Å²) >= 11 is 7.44. The Labute approximate surface area is 193 Å². The fraction of sp³-hybridized carbons (Fsp3) is 0.609. The minimum Gasteiger partial charge on any atom is -0.379 e. The quantitative estimate of drug-likeness (QED) is 0.304. The highest BCUT2D eigenvalue weighted by Gasteiger charge is 2.23. The van der Waals surface area contributed by atoms with Crippen molar-refractivity contribution < 1.29 is 9.53 Å². The van der Waals surface area contributed by atoms with Gasteiger partial charge >= 0.3 is 0 Å². The van der Waals surface area contributed by atoms with Crippen molar-refractivity contribution in [3.05, 3.63) is 33.6 Å². The van der Waals surface area contributed by atoms with Crippen molar-refractivity contribution in [2.45, 2.75) is 76.2 Å². The smallest absolute Gasteiger partial charge is 0.262 e. The molecular weight excluding hydrogens is 434 g/mol. The zero-order chi connectivity index (χ0) is 22.4. The minimum atomic E-state index is -0.109. The molecule has 1 aliphatic carbocycles. The SMILES string of the molecule is CC(C)OCCCn1c(SCC(=O)N(C)C2CCCCC2)nc2cc(Cl)ccc2c1=O. The first-order valence-electron chi connectivity index (χ1n) is 11.1. The largest absolute Gasteiger partial charge is 0.379 e. The number of carbonyl (C=O) groups is 1. The van der Waals surface area contributed by atoms with E-state index in [2.05, 4.69) is 4.98 Å². The maximum absolute atomic E-state index is 13.1. The normalized spacial score (nSPS) is 15.0. The molecule has 170 valence electrons. The summed E-state index contributed by atoms with van der Waals surface area (Å²) < 4.78 is 7.29. The van der Waals surface area contributed by atoms with E-state index >= 15 is 0 Å². The third-order valence-corrected chi connectivity index (χ3v) is 6.90. The predicted molar refractivity (Wildman–Crippen MR) is 127 cm³/mol. The van der Waals surface area contributed by atoms with Gasteiger partial charge in [0.1, 0.15) is 0 Å². The Morgan fingerprint density at radius 3 is 2.77 bits per heavy atom. The maximum Gasteiger partial charge on any atom is 0.262 e. The zero-order valence-corrected chi connectivity index (χ0v) is 20.2. The number of hydrogen-bond acceptors (Lipinski definition) is 5. The Balaban J connectivity index is 1.78. The summed E-state index contributed by atoms with van der Waals surface area (Å²) in [6.07, 6.45) is 6.60. The van der Waals surface area contributed by atoms with E-state index in [1.807, 2.05) is 25.8 Å². The van der Waals surface area contributed by atoms with E-state index in [1.165, 1.54) is 31.0 Å². The van der Waals surface area contributed by atoms with Crippen molar-refractivity contribution in [1.82, 2.24) is 14.5 Å². The highest BCUT2D eigenvalue weighted by molar-refractivity contribution is 7.99. The van der Waals surface area contributed by atoms with Crippen LogP contribution in [0, 0.1) is 0 Å². The number of ether oxygens (including phenoxy) is 1. The first-order valence-corrected chi connectivity index (χ1v) is 12.4. The molecule has 0 aliphatic heterocycles. The highest BCUT2D eigenvalue weighted by Crippen LogP contribution is 2.24. The van der Waals surface area contributed by atoms with Gasteiger partial charge in [-0.1, -0.05) is 42.6 Å². The second-order valence-electron chi connectivity index (χ2n) is 8.37. The number of aromatic nitrogens is 2. The summed E-state index contributed by atoms with van der Waals surface area (Å²) in [4.78, 5) is 32.5. The fourth-order valence-electron chi connectivity index (χ4n) is 3.92. The fourth-order valence-corrected chi connectivity index (χ4v) is 5.04.